The minimum absolute atomic E-state index is 0.119. The largest absolute Gasteiger partial charge is 0.462 e. The van der Waals surface area contributed by atoms with Gasteiger partial charge in [-0.1, -0.05) is 51.0 Å². The third-order valence-electron chi connectivity index (χ3n) is 5.06. The van der Waals surface area contributed by atoms with E-state index in [9.17, 15) is 4.79 Å². The van der Waals surface area contributed by atoms with Crippen LogP contribution in [-0.4, -0.2) is 19.2 Å². The maximum atomic E-state index is 13.1. The summed E-state index contributed by atoms with van der Waals surface area (Å²) in [7, 11) is 0. The zero-order valence-electron chi connectivity index (χ0n) is 17.1. The molecule has 1 unspecified atom stereocenters. The summed E-state index contributed by atoms with van der Waals surface area (Å²) in [6, 6.07) is 11.9. The van der Waals surface area contributed by atoms with Gasteiger partial charge in [-0.25, -0.2) is 4.79 Å². The lowest BCUT2D eigenvalue weighted by Crippen LogP contribution is -2.18. The monoisotopic (exact) mass is 382 g/mol. The number of para-hydroxylation sites is 1. The van der Waals surface area contributed by atoms with Crippen LogP contribution in [-0.2, 0) is 15.9 Å². The summed E-state index contributed by atoms with van der Waals surface area (Å²) in [5.41, 5.74) is 3.51. The molecule has 0 spiro atoms. The van der Waals surface area contributed by atoms with Gasteiger partial charge in [0.2, 0.25) is 0 Å². The van der Waals surface area contributed by atoms with Crippen molar-refractivity contribution in [2.75, 3.05) is 13.2 Å². The molecule has 2 aromatic rings. The highest BCUT2D eigenvalue weighted by Gasteiger charge is 2.29. The molecular weight excluding hydrogens is 352 g/mol. The van der Waals surface area contributed by atoms with E-state index >= 15 is 0 Å². The Morgan fingerprint density at radius 3 is 2.64 bits per heavy atom. The highest BCUT2D eigenvalue weighted by atomic mass is 16.5. The maximum absolute atomic E-state index is 13.1. The molecule has 0 radical (unpaired) electrons. The molecule has 0 saturated heterocycles. The Labute approximate surface area is 167 Å². The fourth-order valence-electron chi connectivity index (χ4n) is 3.66. The van der Waals surface area contributed by atoms with E-state index < -0.39 is 0 Å². The lowest BCUT2D eigenvalue weighted by molar-refractivity contribution is 0.0437. The standard InChI is InChI=1S/C24H30O4/c1-4-7-15-27-24(25)23-18(21(10-5-2)26-6-3)13-14-22-19(23)16-17-11-8-9-12-20(17)28-22/h8-9,11-14,21H,4-7,10,15-16H2,1-3H3. The number of ether oxygens (including phenoxy) is 3. The molecule has 0 aliphatic carbocycles. The van der Waals surface area contributed by atoms with Crippen molar-refractivity contribution in [2.24, 2.45) is 0 Å². The molecule has 0 fully saturated rings. The highest BCUT2D eigenvalue weighted by Crippen LogP contribution is 2.41. The number of fused-ring (bicyclic) bond motifs is 2. The smallest absolute Gasteiger partial charge is 0.338 e. The fourth-order valence-corrected chi connectivity index (χ4v) is 3.66. The summed E-state index contributed by atoms with van der Waals surface area (Å²) in [5.74, 6) is 1.31. The van der Waals surface area contributed by atoms with Crippen molar-refractivity contribution < 1.29 is 19.0 Å². The van der Waals surface area contributed by atoms with Crippen LogP contribution in [0.5, 0.6) is 11.5 Å². The van der Waals surface area contributed by atoms with E-state index in [0.717, 1.165) is 53.9 Å². The number of unbranched alkanes of at least 4 members (excludes halogenated alkanes) is 1. The number of hydrogen-bond donors (Lipinski definition) is 0. The highest BCUT2D eigenvalue weighted by molar-refractivity contribution is 5.94. The van der Waals surface area contributed by atoms with E-state index in [4.69, 9.17) is 14.2 Å². The minimum Gasteiger partial charge on any atom is -0.462 e. The van der Waals surface area contributed by atoms with E-state index in [1.807, 2.05) is 43.3 Å². The Morgan fingerprint density at radius 1 is 1.07 bits per heavy atom. The molecule has 1 atom stereocenters. The Balaban J connectivity index is 2.04. The molecule has 0 N–H and O–H groups in total. The first kappa shape index (κ1) is 20.4. The number of carbonyl (C=O) groups is 1. The Hall–Kier alpha value is -2.33. The third-order valence-corrected chi connectivity index (χ3v) is 5.06. The van der Waals surface area contributed by atoms with Gasteiger partial charge in [0, 0.05) is 18.6 Å². The number of carbonyl (C=O) groups excluding carboxylic acids is 1. The molecule has 2 aromatic carbocycles. The van der Waals surface area contributed by atoms with Crippen molar-refractivity contribution in [3.05, 3.63) is 58.7 Å². The molecule has 1 heterocycles. The third kappa shape index (κ3) is 4.39. The first-order valence-electron chi connectivity index (χ1n) is 10.4. The van der Waals surface area contributed by atoms with Gasteiger partial charge >= 0.3 is 5.97 Å². The van der Waals surface area contributed by atoms with Crippen molar-refractivity contribution >= 4 is 5.97 Å². The predicted octanol–water partition coefficient (Wildman–Crippen LogP) is 6.22. The SMILES string of the molecule is CCCCOC(=O)c1c(C(CCC)OCC)ccc2c1Cc1ccccc1O2. The van der Waals surface area contributed by atoms with E-state index in [-0.39, 0.29) is 12.1 Å². The summed E-state index contributed by atoms with van der Waals surface area (Å²) >= 11 is 0. The lowest BCUT2D eigenvalue weighted by Gasteiger charge is -2.26. The van der Waals surface area contributed by atoms with E-state index in [1.54, 1.807) is 0 Å². The van der Waals surface area contributed by atoms with Gasteiger partial charge in [-0.2, -0.15) is 0 Å². The summed E-state index contributed by atoms with van der Waals surface area (Å²) in [4.78, 5) is 13.1. The molecule has 3 rings (SSSR count). The zero-order valence-corrected chi connectivity index (χ0v) is 17.1. The molecule has 0 amide bonds. The van der Waals surface area contributed by atoms with Crippen LogP contribution in [0.2, 0.25) is 0 Å². The van der Waals surface area contributed by atoms with E-state index in [1.165, 1.54) is 0 Å². The number of hydrogen-bond acceptors (Lipinski definition) is 4. The second kappa shape index (κ2) is 9.74. The van der Waals surface area contributed by atoms with Crippen LogP contribution in [0.3, 0.4) is 0 Å². The van der Waals surface area contributed by atoms with E-state index in [2.05, 4.69) is 13.8 Å². The summed E-state index contributed by atoms with van der Waals surface area (Å²) in [5, 5.41) is 0. The van der Waals surface area contributed by atoms with Gasteiger partial charge < -0.3 is 14.2 Å². The second-order valence-corrected chi connectivity index (χ2v) is 7.12. The van der Waals surface area contributed by atoms with Gasteiger partial charge in [0.1, 0.15) is 11.5 Å². The molecule has 0 saturated carbocycles. The zero-order chi connectivity index (χ0) is 19.9. The second-order valence-electron chi connectivity index (χ2n) is 7.12. The van der Waals surface area contributed by atoms with Gasteiger partial charge in [0.25, 0.3) is 0 Å². The Morgan fingerprint density at radius 2 is 1.89 bits per heavy atom. The van der Waals surface area contributed by atoms with Crippen molar-refractivity contribution in [1.29, 1.82) is 0 Å². The van der Waals surface area contributed by atoms with Gasteiger partial charge in [-0.3, -0.25) is 0 Å². The Bertz CT molecular complexity index is 806. The molecule has 28 heavy (non-hydrogen) atoms. The number of rotatable bonds is 9. The minimum atomic E-state index is -0.274. The van der Waals surface area contributed by atoms with Crippen LogP contribution in [0.15, 0.2) is 36.4 Å². The van der Waals surface area contributed by atoms with Gasteiger partial charge in [0.05, 0.1) is 18.3 Å². The first-order chi connectivity index (χ1) is 13.7. The van der Waals surface area contributed by atoms with Gasteiger partial charge in [-0.05, 0) is 43.0 Å². The van der Waals surface area contributed by atoms with Crippen LogP contribution in [0.25, 0.3) is 0 Å². The molecule has 4 nitrogen and oxygen atoms in total. The van der Waals surface area contributed by atoms with Crippen LogP contribution in [0.4, 0.5) is 0 Å². The molecule has 1 aliphatic rings. The van der Waals surface area contributed by atoms with Crippen molar-refractivity contribution in [2.45, 2.75) is 59.0 Å². The molecule has 0 bridgehead atoms. The van der Waals surface area contributed by atoms with Crippen LogP contribution in [0, 0.1) is 0 Å². The van der Waals surface area contributed by atoms with Gasteiger partial charge in [0.15, 0.2) is 0 Å². The fraction of sp³-hybridized carbons (Fsp3) is 0.458. The quantitative estimate of drug-likeness (QED) is 0.326. The number of esters is 1. The first-order valence-corrected chi connectivity index (χ1v) is 10.4. The summed E-state index contributed by atoms with van der Waals surface area (Å²) < 4.78 is 17.7. The molecular formula is C24H30O4. The van der Waals surface area contributed by atoms with Crippen LogP contribution >= 0.6 is 0 Å². The van der Waals surface area contributed by atoms with Gasteiger partial charge in [-0.15, -0.1) is 0 Å². The topological polar surface area (TPSA) is 44.8 Å². The number of benzene rings is 2. The summed E-state index contributed by atoms with van der Waals surface area (Å²) in [6.07, 6.45) is 4.22. The molecule has 150 valence electrons. The van der Waals surface area contributed by atoms with Crippen LogP contribution < -0.4 is 4.74 Å². The molecule has 1 aliphatic heterocycles. The Kier molecular flexibility index (Phi) is 7.10. The van der Waals surface area contributed by atoms with Crippen molar-refractivity contribution in [1.82, 2.24) is 0 Å². The van der Waals surface area contributed by atoms with Crippen molar-refractivity contribution in [3.63, 3.8) is 0 Å². The molecule has 0 aromatic heterocycles. The maximum Gasteiger partial charge on any atom is 0.338 e. The average Bonchev–Trinajstić information content (AvgIpc) is 2.71. The van der Waals surface area contributed by atoms with Crippen molar-refractivity contribution in [3.8, 4) is 11.5 Å². The molecule has 4 heteroatoms. The van der Waals surface area contributed by atoms with E-state index in [0.29, 0.717) is 25.2 Å². The predicted molar refractivity (Wildman–Crippen MR) is 110 cm³/mol. The summed E-state index contributed by atoms with van der Waals surface area (Å²) in [6.45, 7) is 7.23. The normalized spacial score (nSPS) is 13.2. The van der Waals surface area contributed by atoms with Crippen LogP contribution in [0.1, 0.15) is 79.6 Å². The lowest BCUT2D eigenvalue weighted by atomic mass is 9.89. The average molecular weight is 383 g/mol.